The van der Waals surface area contributed by atoms with Crippen molar-refractivity contribution >= 4 is 15.9 Å². The molecule has 0 heterocycles. The molecular formula is C11H12BrF. The molecule has 0 unspecified atom stereocenters. The van der Waals surface area contributed by atoms with E-state index in [2.05, 4.69) is 34.1 Å². The van der Waals surface area contributed by atoms with Crippen LogP contribution in [0.5, 0.6) is 0 Å². The van der Waals surface area contributed by atoms with Crippen LogP contribution < -0.4 is 0 Å². The normalized spacial score (nSPS) is 11.8. The van der Waals surface area contributed by atoms with Gasteiger partial charge in [0.05, 0.1) is 0 Å². The van der Waals surface area contributed by atoms with Gasteiger partial charge in [-0.3, -0.25) is 0 Å². The first-order chi connectivity index (χ1) is 6.09. The molecule has 0 aliphatic heterocycles. The summed E-state index contributed by atoms with van der Waals surface area (Å²) in [5, 5.41) is 0. The molecule has 0 aliphatic carbocycles. The summed E-state index contributed by atoms with van der Waals surface area (Å²) in [6.07, 6.45) is 2.17. The van der Waals surface area contributed by atoms with Crippen molar-refractivity contribution in [2.24, 2.45) is 0 Å². The molecule has 0 saturated carbocycles. The number of aryl methyl sites for hydroxylation is 2. The SMILES string of the molecule is Cc1ccc(C)c(C/C=C(/F)Br)c1. The van der Waals surface area contributed by atoms with Crippen LogP contribution in [0.25, 0.3) is 0 Å². The topological polar surface area (TPSA) is 0 Å². The van der Waals surface area contributed by atoms with Crippen molar-refractivity contribution in [3.05, 3.63) is 45.7 Å². The molecule has 0 saturated heterocycles. The molecule has 0 fully saturated rings. The quantitative estimate of drug-likeness (QED) is 0.734. The van der Waals surface area contributed by atoms with Gasteiger partial charge in [-0.05, 0) is 53.4 Å². The first kappa shape index (κ1) is 10.5. The van der Waals surface area contributed by atoms with Crippen LogP contribution in [0.2, 0.25) is 0 Å². The molecule has 0 aliphatic rings. The molecule has 0 bridgehead atoms. The summed E-state index contributed by atoms with van der Waals surface area (Å²) in [6.45, 7) is 4.08. The fourth-order valence-corrected chi connectivity index (χ4v) is 1.37. The molecule has 1 aromatic carbocycles. The molecule has 1 rings (SSSR count). The second kappa shape index (κ2) is 4.56. The largest absolute Gasteiger partial charge is 0.199 e. The van der Waals surface area contributed by atoms with Gasteiger partial charge >= 0.3 is 0 Å². The van der Waals surface area contributed by atoms with Gasteiger partial charge in [0.2, 0.25) is 0 Å². The lowest BCUT2D eigenvalue weighted by molar-refractivity contribution is 0.700. The zero-order valence-electron chi connectivity index (χ0n) is 7.77. The van der Waals surface area contributed by atoms with Crippen LogP contribution in [0.1, 0.15) is 16.7 Å². The van der Waals surface area contributed by atoms with Crippen molar-refractivity contribution in [1.82, 2.24) is 0 Å². The highest BCUT2D eigenvalue weighted by molar-refractivity contribution is 9.11. The van der Waals surface area contributed by atoms with E-state index in [1.807, 2.05) is 13.8 Å². The Morgan fingerprint density at radius 3 is 2.77 bits per heavy atom. The van der Waals surface area contributed by atoms with E-state index in [1.54, 1.807) is 0 Å². The highest BCUT2D eigenvalue weighted by atomic mass is 79.9. The number of rotatable bonds is 2. The third-order valence-corrected chi connectivity index (χ3v) is 2.30. The Labute approximate surface area is 86.6 Å². The van der Waals surface area contributed by atoms with E-state index in [0.29, 0.717) is 6.42 Å². The molecule has 0 nitrogen and oxygen atoms in total. The summed E-state index contributed by atoms with van der Waals surface area (Å²) in [7, 11) is 0. The van der Waals surface area contributed by atoms with Gasteiger partial charge in [-0.1, -0.05) is 23.8 Å². The summed E-state index contributed by atoms with van der Waals surface area (Å²) >= 11 is 2.77. The predicted molar refractivity (Wildman–Crippen MR) is 57.7 cm³/mol. The van der Waals surface area contributed by atoms with Gasteiger partial charge in [-0.25, -0.2) is 0 Å². The number of hydrogen-bond acceptors (Lipinski definition) is 0. The lowest BCUT2D eigenvalue weighted by Crippen LogP contribution is -1.87. The minimum Gasteiger partial charge on any atom is -0.199 e. The predicted octanol–water partition coefficient (Wildman–Crippen LogP) is 4.05. The fourth-order valence-electron chi connectivity index (χ4n) is 1.21. The van der Waals surface area contributed by atoms with Crippen molar-refractivity contribution in [3.8, 4) is 0 Å². The summed E-state index contributed by atoms with van der Waals surface area (Å²) in [4.78, 5) is 0. The van der Waals surface area contributed by atoms with Gasteiger partial charge in [-0.15, -0.1) is 0 Å². The Morgan fingerprint density at radius 2 is 2.15 bits per heavy atom. The zero-order chi connectivity index (χ0) is 9.84. The van der Waals surface area contributed by atoms with Gasteiger partial charge in [0.15, 0.2) is 4.74 Å². The van der Waals surface area contributed by atoms with Crippen LogP contribution >= 0.6 is 15.9 Å². The molecule has 0 radical (unpaired) electrons. The van der Waals surface area contributed by atoms with Crippen LogP contribution in [0, 0.1) is 13.8 Å². The van der Waals surface area contributed by atoms with E-state index in [1.165, 1.54) is 22.8 Å². The monoisotopic (exact) mass is 242 g/mol. The Bertz CT molecular complexity index is 325. The highest BCUT2D eigenvalue weighted by Gasteiger charge is 1.97. The van der Waals surface area contributed by atoms with Gasteiger partial charge in [-0.2, -0.15) is 4.39 Å². The van der Waals surface area contributed by atoms with Gasteiger partial charge in [0.1, 0.15) is 0 Å². The Morgan fingerprint density at radius 1 is 1.46 bits per heavy atom. The highest BCUT2D eigenvalue weighted by Crippen LogP contribution is 2.14. The summed E-state index contributed by atoms with van der Waals surface area (Å²) in [5.41, 5.74) is 3.59. The number of hydrogen-bond donors (Lipinski definition) is 0. The van der Waals surface area contributed by atoms with Gasteiger partial charge in [0.25, 0.3) is 0 Å². The molecule has 0 aromatic heterocycles. The van der Waals surface area contributed by atoms with E-state index in [-0.39, 0.29) is 4.74 Å². The first-order valence-corrected chi connectivity index (χ1v) is 4.96. The lowest BCUT2D eigenvalue weighted by Gasteiger charge is -2.03. The average molecular weight is 243 g/mol. The molecule has 0 N–H and O–H groups in total. The smallest absolute Gasteiger partial charge is 0.162 e. The van der Waals surface area contributed by atoms with Gasteiger partial charge in [0, 0.05) is 0 Å². The van der Waals surface area contributed by atoms with Gasteiger partial charge < -0.3 is 0 Å². The molecule has 70 valence electrons. The Balaban J connectivity index is 2.87. The minimum atomic E-state index is -0.298. The number of halogens is 2. The second-order valence-electron chi connectivity index (χ2n) is 3.13. The van der Waals surface area contributed by atoms with Crippen molar-refractivity contribution in [1.29, 1.82) is 0 Å². The maximum Gasteiger partial charge on any atom is 0.162 e. The van der Waals surface area contributed by atoms with Crippen LogP contribution in [-0.2, 0) is 6.42 Å². The second-order valence-corrected chi connectivity index (χ2v) is 3.89. The third-order valence-electron chi connectivity index (χ3n) is 1.98. The fraction of sp³-hybridized carbons (Fsp3) is 0.273. The standard InChI is InChI=1S/C11H12BrF/c1-8-3-4-9(2)10(7-8)5-6-11(12)13/h3-4,6-7H,5H2,1-2H3/b11-6+. The first-order valence-electron chi connectivity index (χ1n) is 4.17. The van der Waals surface area contributed by atoms with Crippen LogP contribution in [0.3, 0.4) is 0 Å². The average Bonchev–Trinajstić information content (AvgIpc) is 2.06. The van der Waals surface area contributed by atoms with Crippen LogP contribution in [0.15, 0.2) is 29.0 Å². The van der Waals surface area contributed by atoms with Crippen molar-refractivity contribution in [3.63, 3.8) is 0 Å². The maximum absolute atomic E-state index is 12.4. The summed E-state index contributed by atoms with van der Waals surface area (Å²) < 4.78 is 12.1. The molecular weight excluding hydrogens is 231 g/mol. The molecule has 13 heavy (non-hydrogen) atoms. The van der Waals surface area contributed by atoms with Crippen molar-refractivity contribution in [2.75, 3.05) is 0 Å². The molecule has 2 heteroatoms. The number of benzene rings is 1. The summed E-state index contributed by atoms with van der Waals surface area (Å²) in [6, 6.07) is 6.21. The summed E-state index contributed by atoms with van der Waals surface area (Å²) in [5.74, 6) is 0. The third kappa shape index (κ3) is 3.31. The van der Waals surface area contributed by atoms with E-state index in [0.717, 1.165) is 0 Å². The molecule has 0 spiro atoms. The molecule has 1 aromatic rings. The zero-order valence-corrected chi connectivity index (χ0v) is 9.36. The van der Waals surface area contributed by atoms with E-state index in [4.69, 9.17) is 0 Å². The van der Waals surface area contributed by atoms with E-state index in [9.17, 15) is 4.39 Å². The molecule has 0 amide bonds. The Kier molecular flexibility index (Phi) is 3.67. The minimum absolute atomic E-state index is 0.298. The van der Waals surface area contributed by atoms with E-state index >= 15 is 0 Å². The van der Waals surface area contributed by atoms with E-state index < -0.39 is 0 Å². The van der Waals surface area contributed by atoms with Crippen molar-refractivity contribution in [2.45, 2.75) is 20.3 Å². The van der Waals surface area contributed by atoms with Crippen LogP contribution in [-0.4, -0.2) is 0 Å². The number of allylic oxidation sites excluding steroid dienone is 1. The van der Waals surface area contributed by atoms with Crippen LogP contribution in [0.4, 0.5) is 4.39 Å². The lowest BCUT2D eigenvalue weighted by atomic mass is 10.0. The Hall–Kier alpha value is -0.630. The molecule has 0 atom stereocenters. The maximum atomic E-state index is 12.4. The van der Waals surface area contributed by atoms with Crippen molar-refractivity contribution < 1.29 is 4.39 Å².